The van der Waals surface area contributed by atoms with E-state index >= 15 is 0 Å². The third kappa shape index (κ3) is 5.40. The van der Waals surface area contributed by atoms with Crippen molar-refractivity contribution in [2.24, 2.45) is 45.3 Å². The van der Waals surface area contributed by atoms with Gasteiger partial charge in [0.15, 0.2) is 6.29 Å². The number of hydrogen-bond acceptors (Lipinski definition) is 7. The van der Waals surface area contributed by atoms with E-state index in [-0.39, 0.29) is 43.3 Å². The molecule has 2 saturated heterocycles. The minimum absolute atomic E-state index is 0. The SMILES string of the molecule is C=C(C)[C@@H](OC(C)=O)C1CCC2C(CC3C4CCC5C(C)(C)[C@@H](OC6CN(C(=O)OC(C)(C)C)CCO6)CC[C@@]56C[C@@]46CC[C@]23C)O1.[HH]. The maximum atomic E-state index is 12.8. The van der Waals surface area contributed by atoms with Crippen LogP contribution in [0.2, 0.25) is 0 Å². The molecule has 0 bridgehead atoms. The van der Waals surface area contributed by atoms with Crippen molar-refractivity contribution >= 4 is 12.1 Å². The average Bonchev–Trinajstić information content (AvgIpc) is 3.56. The molecular weight excluding hydrogens is 594 g/mol. The van der Waals surface area contributed by atoms with Gasteiger partial charge in [0.2, 0.25) is 0 Å². The number of ether oxygens (including phenoxy) is 5. The van der Waals surface area contributed by atoms with Gasteiger partial charge in [-0.05, 0) is 143 Å². The van der Waals surface area contributed by atoms with Gasteiger partial charge in [0.25, 0.3) is 0 Å². The summed E-state index contributed by atoms with van der Waals surface area (Å²) in [6.07, 6.45) is 11.4. The van der Waals surface area contributed by atoms with Crippen LogP contribution in [0.25, 0.3) is 0 Å². The number of morpholine rings is 1. The van der Waals surface area contributed by atoms with E-state index in [4.69, 9.17) is 23.7 Å². The molecule has 0 aromatic carbocycles. The molecule has 0 radical (unpaired) electrons. The second kappa shape index (κ2) is 11.4. The van der Waals surface area contributed by atoms with Crippen LogP contribution in [0.15, 0.2) is 12.2 Å². The van der Waals surface area contributed by atoms with Crippen molar-refractivity contribution in [2.75, 3.05) is 19.7 Å². The third-order valence-corrected chi connectivity index (χ3v) is 14.7. The normalized spacial score (nSPS) is 45.7. The Hall–Kier alpha value is -1.64. The summed E-state index contributed by atoms with van der Waals surface area (Å²) in [4.78, 5) is 26.4. The molecule has 0 aromatic heterocycles. The quantitative estimate of drug-likeness (QED) is 0.219. The van der Waals surface area contributed by atoms with Gasteiger partial charge in [-0.2, -0.15) is 0 Å². The van der Waals surface area contributed by atoms with Gasteiger partial charge >= 0.3 is 12.1 Å². The van der Waals surface area contributed by atoms with Gasteiger partial charge in [-0.1, -0.05) is 27.4 Å². The van der Waals surface area contributed by atoms with Gasteiger partial charge in [-0.25, -0.2) is 4.79 Å². The Labute approximate surface area is 284 Å². The minimum atomic E-state index is -0.522. The molecule has 2 spiro atoms. The molecule has 7 rings (SSSR count). The number of carbonyl (C=O) groups excluding carboxylic acids is 2. The number of fused-ring (bicyclic) bond motifs is 4. The molecule has 8 nitrogen and oxygen atoms in total. The Morgan fingerprint density at radius 3 is 2.40 bits per heavy atom. The van der Waals surface area contributed by atoms with Gasteiger partial charge in [0.1, 0.15) is 11.7 Å². The summed E-state index contributed by atoms with van der Waals surface area (Å²) >= 11 is 0. The van der Waals surface area contributed by atoms with Gasteiger partial charge in [0, 0.05) is 14.9 Å². The maximum Gasteiger partial charge on any atom is 0.410 e. The van der Waals surface area contributed by atoms with Crippen molar-refractivity contribution in [3.05, 3.63) is 12.2 Å². The fourth-order valence-corrected chi connectivity index (χ4v) is 12.8. The first kappa shape index (κ1) is 33.8. The monoisotopic (exact) mass is 657 g/mol. The van der Waals surface area contributed by atoms with E-state index in [1.807, 2.05) is 27.7 Å². The topological polar surface area (TPSA) is 83.5 Å². The molecule has 47 heavy (non-hydrogen) atoms. The summed E-state index contributed by atoms with van der Waals surface area (Å²) < 4.78 is 31.1. The summed E-state index contributed by atoms with van der Waals surface area (Å²) in [5, 5.41) is 0. The first-order valence-corrected chi connectivity index (χ1v) is 18.7. The molecule has 12 atom stereocenters. The maximum absolute atomic E-state index is 12.8. The van der Waals surface area contributed by atoms with Crippen LogP contribution < -0.4 is 0 Å². The van der Waals surface area contributed by atoms with Crippen LogP contribution in [-0.4, -0.2) is 73.0 Å². The molecule has 7 aliphatic rings. The molecule has 0 N–H and O–H groups in total. The smallest absolute Gasteiger partial charge is 0.410 e. The lowest BCUT2D eigenvalue weighted by Gasteiger charge is -2.60. The number of esters is 1. The standard InChI is InChI=1S/C39H61NO7.H2/c1-23(2)33(44-24(3)41)28-12-10-26-29(45-28)20-27-25-11-13-30-36(7,8)31(14-15-39(30)22-38(25,39)17-16-37(26,27)9)46-32-21-40(18-19-43-32)34(42)47-35(4,5)6;/h25-33H,1,10-22H2,2-9H3;1H/t25?,26?,27?,28?,29?,30?,31-,32?,33+,37+,38-,39+;/m0./s1. The number of amides is 1. The molecule has 7 unspecified atom stereocenters. The largest absolute Gasteiger partial charge is 0.455 e. The van der Waals surface area contributed by atoms with E-state index in [1.165, 1.54) is 45.4 Å². The van der Waals surface area contributed by atoms with E-state index in [0.717, 1.165) is 37.2 Å². The first-order valence-electron chi connectivity index (χ1n) is 18.7. The van der Waals surface area contributed by atoms with Crippen LogP contribution in [0.5, 0.6) is 0 Å². The summed E-state index contributed by atoms with van der Waals surface area (Å²) in [7, 11) is 0. The molecular formula is C39H63NO7. The van der Waals surface area contributed by atoms with Gasteiger partial charge in [-0.15, -0.1) is 0 Å². The highest BCUT2D eigenvalue weighted by molar-refractivity contribution is 5.68. The molecule has 1 amide bonds. The zero-order chi connectivity index (χ0) is 33.7. The summed E-state index contributed by atoms with van der Waals surface area (Å²) in [5.41, 5.74) is 1.61. The highest BCUT2D eigenvalue weighted by Crippen LogP contribution is 2.87. The minimum Gasteiger partial charge on any atom is -0.455 e. The molecule has 7 fully saturated rings. The highest BCUT2D eigenvalue weighted by Gasteiger charge is 2.80. The Morgan fingerprint density at radius 1 is 0.957 bits per heavy atom. The van der Waals surface area contributed by atoms with E-state index in [2.05, 4.69) is 27.4 Å². The fourth-order valence-electron chi connectivity index (χ4n) is 12.8. The lowest BCUT2D eigenvalue weighted by atomic mass is 9.46. The van der Waals surface area contributed by atoms with Crippen molar-refractivity contribution in [2.45, 2.75) is 156 Å². The molecule has 0 aromatic rings. The third-order valence-electron chi connectivity index (χ3n) is 14.7. The number of hydrogen-bond donors (Lipinski definition) is 0. The molecule has 266 valence electrons. The van der Waals surface area contributed by atoms with Gasteiger partial charge in [-0.3, -0.25) is 4.79 Å². The zero-order valence-electron chi connectivity index (χ0n) is 30.4. The zero-order valence-corrected chi connectivity index (χ0v) is 30.4. The summed E-state index contributed by atoms with van der Waals surface area (Å²) in [6, 6.07) is 0. The van der Waals surface area contributed by atoms with Crippen LogP contribution in [-0.2, 0) is 28.5 Å². The summed E-state index contributed by atoms with van der Waals surface area (Å²) in [5.74, 6) is 2.45. The Balaban J connectivity index is 0.00000401. The Kier molecular flexibility index (Phi) is 8.24. The van der Waals surface area contributed by atoms with Gasteiger partial charge in [0.05, 0.1) is 31.5 Å². The average molecular weight is 658 g/mol. The van der Waals surface area contributed by atoms with Crippen LogP contribution in [0.3, 0.4) is 0 Å². The Bertz CT molecular complexity index is 1280. The lowest BCUT2D eigenvalue weighted by Crippen LogP contribution is -2.56. The van der Waals surface area contributed by atoms with Crippen LogP contribution in [0.1, 0.15) is 121 Å². The fraction of sp³-hybridized carbons (Fsp3) is 0.897. The lowest BCUT2D eigenvalue weighted by molar-refractivity contribution is -0.243. The van der Waals surface area contributed by atoms with Crippen LogP contribution >= 0.6 is 0 Å². The number of carbonyl (C=O) groups is 2. The first-order chi connectivity index (χ1) is 22.0. The van der Waals surface area contributed by atoms with E-state index in [9.17, 15) is 9.59 Å². The molecule has 5 saturated carbocycles. The number of nitrogens with zero attached hydrogens (tertiary/aromatic N) is 1. The van der Waals surface area contributed by atoms with Crippen molar-refractivity contribution in [1.29, 1.82) is 0 Å². The predicted molar refractivity (Wildman–Crippen MR) is 180 cm³/mol. The van der Waals surface area contributed by atoms with Crippen molar-refractivity contribution in [1.82, 2.24) is 4.90 Å². The summed E-state index contributed by atoms with van der Waals surface area (Å²) in [6.45, 7) is 22.2. The van der Waals surface area contributed by atoms with Crippen molar-refractivity contribution in [3.63, 3.8) is 0 Å². The molecule has 2 aliphatic heterocycles. The van der Waals surface area contributed by atoms with Gasteiger partial charge < -0.3 is 28.6 Å². The van der Waals surface area contributed by atoms with E-state index < -0.39 is 11.9 Å². The highest BCUT2D eigenvalue weighted by atomic mass is 16.7. The molecule has 8 heteroatoms. The van der Waals surface area contributed by atoms with Crippen molar-refractivity contribution < 1.29 is 34.7 Å². The molecule has 2 heterocycles. The predicted octanol–water partition coefficient (Wildman–Crippen LogP) is 7.93. The number of rotatable bonds is 5. The molecule has 5 aliphatic carbocycles. The van der Waals surface area contributed by atoms with Crippen molar-refractivity contribution in [3.8, 4) is 0 Å². The Morgan fingerprint density at radius 2 is 1.70 bits per heavy atom. The van der Waals surface area contributed by atoms with Crippen LogP contribution in [0.4, 0.5) is 4.79 Å². The second-order valence-corrected chi connectivity index (χ2v) is 18.6. The van der Waals surface area contributed by atoms with E-state index in [0.29, 0.717) is 53.7 Å². The van der Waals surface area contributed by atoms with E-state index in [1.54, 1.807) is 4.90 Å². The second-order valence-electron chi connectivity index (χ2n) is 18.6. The van der Waals surface area contributed by atoms with Crippen LogP contribution in [0, 0.1) is 45.3 Å².